The molecular weight excluding hydrogens is 226 g/mol. The summed E-state index contributed by atoms with van der Waals surface area (Å²) in [6.45, 7) is 0.778. The van der Waals surface area contributed by atoms with Crippen LogP contribution in [0, 0.1) is 0 Å². The zero-order valence-corrected chi connectivity index (χ0v) is 9.63. The van der Waals surface area contributed by atoms with E-state index in [-0.39, 0.29) is 0 Å². The largest absolute Gasteiger partial charge is 0.480 e. The molecule has 0 aromatic heterocycles. The number of carboxylic acids is 1. The lowest BCUT2D eigenvalue weighted by Crippen LogP contribution is -2.49. The highest BCUT2D eigenvalue weighted by Crippen LogP contribution is 2.25. The SMILES string of the molecule is O=C(O)C1(Cc2ccc(Cl)cc2)CCCN1. The third kappa shape index (κ3) is 2.20. The molecule has 0 spiro atoms. The average molecular weight is 240 g/mol. The fourth-order valence-electron chi connectivity index (χ4n) is 2.17. The zero-order chi connectivity index (χ0) is 11.6. The number of rotatable bonds is 3. The quantitative estimate of drug-likeness (QED) is 0.849. The van der Waals surface area contributed by atoms with E-state index in [0.29, 0.717) is 17.9 Å². The molecule has 2 rings (SSSR count). The molecule has 1 aromatic carbocycles. The van der Waals surface area contributed by atoms with Crippen LogP contribution in [0.3, 0.4) is 0 Å². The lowest BCUT2D eigenvalue weighted by molar-refractivity contribution is -0.144. The minimum Gasteiger partial charge on any atom is -0.480 e. The van der Waals surface area contributed by atoms with Crippen molar-refractivity contribution in [3.05, 3.63) is 34.9 Å². The maximum atomic E-state index is 11.3. The summed E-state index contributed by atoms with van der Waals surface area (Å²) in [4.78, 5) is 11.3. The summed E-state index contributed by atoms with van der Waals surface area (Å²) in [5, 5.41) is 13.1. The molecule has 0 bridgehead atoms. The van der Waals surface area contributed by atoms with E-state index in [2.05, 4.69) is 5.32 Å². The van der Waals surface area contributed by atoms with Gasteiger partial charge in [-0.3, -0.25) is 4.79 Å². The van der Waals surface area contributed by atoms with Gasteiger partial charge < -0.3 is 10.4 Å². The number of nitrogens with one attached hydrogen (secondary N) is 1. The van der Waals surface area contributed by atoms with E-state index in [1.807, 2.05) is 12.1 Å². The van der Waals surface area contributed by atoms with Gasteiger partial charge in [0.05, 0.1) is 0 Å². The molecule has 1 aliphatic heterocycles. The first-order chi connectivity index (χ1) is 7.62. The summed E-state index contributed by atoms with van der Waals surface area (Å²) in [7, 11) is 0. The molecule has 0 amide bonds. The van der Waals surface area contributed by atoms with Crippen LogP contribution in [0.5, 0.6) is 0 Å². The maximum Gasteiger partial charge on any atom is 0.324 e. The topological polar surface area (TPSA) is 49.3 Å². The van der Waals surface area contributed by atoms with Gasteiger partial charge in [-0.2, -0.15) is 0 Å². The van der Waals surface area contributed by atoms with Crippen molar-refractivity contribution in [2.75, 3.05) is 6.54 Å². The van der Waals surface area contributed by atoms with Gasteiger partial charge in [-0.25, -0.2) is 0 Å². The fraction of sp³-hybridized carbons (Fsp3) is 0.417. The predicted octanol–water partition coefficient (Wildman–Crippen LogP) is 2.09. The highest BCUT2D eigenvalue weighted by Gasteiger charge is 2.40. The van der Waals surface area contributed by atoms with E-state index >= 15 is 0 Å². The molecule has 1 heterocycles. The number of aliphatic carboxylic acids is 1. The maximum absolute atomic E-state index is 11.3. The Kier molecular flexibility index (Phi) is 3.17. The Bertz CT molecular complexity index is 383. The van der Waals surface area contributed by atoms with E-state index in [1.165, 1.54) is 0 Å². The second-order valence-electron chi connectivity index (χ2n) is 4.22. The highest BCUT2D eigenvalue weighted by molar-refractivity contribution is 6.30. The third-order valence-corrected chi connectivity index (χ3v) is 3.32. The number of hydrogen-bond acceptors (Lipinski definition) is 2. The number of halogens is 1. The Hall–Kier alpha value is -1.06. The normalized spacial score (nSPS) is 24.6. The van der Waals surface area contributed by atoms with Crippen LogP contribution in [0.25, 0.3) is 0 Å². The van der Waals surface area contributed by atoms with E-state index in [4.69, 9.17) is 11.6 Å². The van der Waals surface area contributed by atoms with Crippen molar-refractivity contribution < 1.29 is 9.90 Å². The molecular formula is C12H14ClNO2. The van der Waals surface area contributed by atoms with Crippen LogP contribution in [0.4, 0.5) is 0 Å². The lowest BCUT2D eigenvalue weighted by atomic mass is 9.89. The summed E-state index contributed by atoms with van der Waals surface area (Å²) < 4.78 is 0. The van der Waals surface area contributed by atoms with Gasteiger partial charge >= 0.3 is 5.97 Å². The fourth-order valence-corrected chi connectivity index (χ4v) is 2.29. The number of carbonyl (C=O) groups is 1. The first-order valence-electron chi connectivity index (χ1n) is 5.35. The highest BCUT2D eigenvalue weighted by atomic mass is 35.5. The minimum absolute atomic E-state index is 0.513. The number of carboxylic acid groups (broad SMARTS) is 1. The summed E-state index contributed by atoms with van der Waals surface area (Å²) >= 11 is 5.79. The molecule has 1 atom stereocenters. The van der Waals surface area contributed by atoms with Crippen LogP contribution in [0.2, 0.25) is 5.02 Å². The Labute approximate surface area is 99.4 Å². The molecule has 0 aliphatic carbocycles. The molecule has 16 heavy (non-hydrogen) atoms. The molecule has 1 aliphatic rings. The first kappa shape index (κ1) is 11.4. The second-order valence-corrected chi connectivity index (χ2v) is 4.66. The van der Waals surface area contributed by atoms with Crippen LogP contribution >= 0.6 is 11.6 Å². The van der Waals surface area contributed by atoms with Crippen molar-refractivity contribution in [3.8, 4) is 0 Å². The predicted molar refractivity (Wildman–Crippen MR) is 62.8 cm³/mol. The van der Waals surface area contributed by atoms with Crippen LogP contribution in [0.15, 0.2) is 24.3 Å². The summed E-state index contributed by atoms with van der Waals surface area (Å²) in [5.41, 5.74) is 0.217. The van der Waals surface area contributed by atoms with Crippen LogP contribution in [-0.4, -0.2) is 23.2 Å². The van der Waals surface area contributed by atoms with Gasteiger partial charge in [-0.05, 0) is 37.1 Å². The van der Waals surface area contributed by atoms with Crippen LogP contribution in [-0.2, 0) is 11.2 Å². The zero-order valence-electron chi connectivity index (χ0n) is 8.87. The van der Waals surface area contributed by atoms with Crippen molar-refractivity contribution >= 4 is 17.6 Å². The van der Waals surface area contributed by atoms with Crippen molar-refractivity contribution in [2.24, 2.45) is 0 Å². The van der Waals surface area contributed by atoms with Gasteiger partial charge in [-0.15, -0.1) is 0 Å². The first-order valence-corrected chi connectivity index (χ1v) is 5.73. The van der Waals surface area contributed by atoms with Gasteiger partial charge in [0.1, 0.15) is 5.54 Å². The number of benzene rings is 1. The molecule has 1 fully saturated rings. The second kappa shape index (κ2) is 4.44. The Morgan fingerprint density at radius 2 is 2.12 bits per heavy atom. The van der Waals surface area contributed by atoms with Crippen molar-refractivity contribution in [1.29, 1.82) is 0 Å². The van der Waals surface area contributed by atoms with E-state index < -0.39 is 11.5 Å². The lowest BCUT2D eigenvalue weighted by Gasteiger charge is -2.24. The van der Waals surface area contributed by atoms with Gasteiger partial charge in [0, 0.05) is 11.4 Å². The molecule has 0 saturated carbocycles. The molecule has 1 saturated heterocycles. The summed E-state index contributed by atoms with van der Waals surface area (Å²) in [5.74, 6) is -0.764. The van der Waals surface area contributed by atoms with E-state index in [0.717, 1.165) is 18.5 Å². The van der Waals surface area contributed by atoms with E-state index in [9.17, 15) is 9.90 Å². The monoisotopic (exact) mass is 239 g/mol. The van der Waals surface area contributed by atoms with Crippen molar-refractivity contribution in [1.82, 2.24) is 5.32 Å². The molecule has 2 N–H and O–H groups in total. The van der Waals surface area contributed by atoms with Gasteiger partial charge in [0.2, 0.25) is 0 Å². The Morgan fingerprint density at radius 1 is 1.44 bits per heavy atom. The average Bonchev–Trinajstić information content (AvgIpc) is 2.71. The van der Waals surface area contributed by atoms with E-state index in [1.54, 1.807) is 12.1 Å². The minimum atomic E-state index is -0.784. The Balaban J connectivity index is 2.18. The van der Waals surface area contributed by atoms with Gasteiger partial charge in [0.15, 0.2) is 0 Å². The molecule has 86 valence electrons. The molecule has 1 unspecified atom stereocenters. The van der Waals surface area contributed by atoms with Gasteiger partial charge in [0.25, 0.3) is 0 Å². The van der Waals surface area contributed by atoms with Crippen LogP contribution in [0.1, 0.15) is 18.4 Å². The third-order valence-electron chi connectivity index (χ3n) is 3.07. The standard InChI is InChI=1S/C12H14ClNO2/c13-10-4-2-9(3-5-10)8-12(11(15)16)6-1-7-14-12/h2-5,14H,1,6-8H2,(H,15,16). The van der Waals surface area contributed by atoms with Crippen molar-refractivity contribution in [2.45, 2.75) is 24.8 Å². The molecule has 1 aromatic rings. The van der Waals surface area contributed by atoms with Gasteiger partial charge in [-0.1, -0.05) is 23.7 Å². The number of hydrogen-bond donors (Lipinski definition) is 2. The van der Waals surface area contributed by atoms with Crippen molar-refractivity contribution in [3.63, 3.8) is 0 Å². The summed E-state index contributed by atoms with van der Waals surface area (Å²) in [6.07, 6.45) is 2.12. The van der Waals surface area contributed by atoms with Crippen LogP contribution < -0.4 is 5.32 Å². The summed E-state index contributed by atoms with van der Waals surface area (Å²) in [6, 6.07) is 7.35. The smallest absolute Gasteiger partial charge is 0.324 e. The molecule has 0 radical (unpaired) electrons. The Morgan fingerprint density at radius 3 is 2.62 bits per heavy atom. The molecule has 3 nitrogen and oxygen atoms in total. The molecule has 4 heteroatoms.